The van der Waals surface area contributed by atoms with Crippen LogP contribution in [-0.4, -0.2) is 23.5 Å². The van der Waals surface area contributed by atoms with Gasteiger partial charge in [0.1, 0.15) is 12.0 Å². The summed E-state index contributed by atoms with van der Waals surface area (Å²) in [5, 5.41) is 13.4. The van der Waals surface area contributed by atoms with Gasteiger partial charge in [0, 0.05) is 18.2 Å². The van der Waals surface area contributed by atoms with Gasteiger partial charge in [0.25, 0.3) is 5.69 Å². The van der Waals surface area contributed by atoms with Crippen LogP contribution in [0, 0.1) is 10.1 Å². The molecule has 0 fully saturated rings. The molecule has 15 heavy (non-hydrogen) atoms. The van der Waals surface area contributed by atoms with Crippen LogP contribution in [0.4, 0.5) is 11.5 Å². The highest BCUT2D eigenvalue weighted by molar-refractivity contribution is 5.63. The summed E-state index contributed by atoms with van der Waals surface area (Å²) >= 11 is 0. The van der Waals surface area contributed by atoms with Gasteiger partial charge in [-0.05, 0) is 7.05 Å². The summed E-state index contributed by atoms with van der Waals surface area (Å²) in [4.78, 5) is 13.7. The summed E-state index contributed by atoms with van der Waals surface area (Å²) in [6.45, 7) is 0.669. The standard InChI is InChI=1S/C9H12N4O2/c1-11-4-2-3-7-5-8(13(14)15)6-12-9(7)10/h2-3,5-6,11H,4H2,1H3,(H2,10,12). The minimum Gasteiger partial charge on any atom is -0.383 e. The lowest BCUT2D eigenvalue weighted by Crippen LogP contribution is -2.04. The number of anilines is 1. The SMILES string of the molecule is CNCC=Cc1cc([N+](=O)[O-])cnc1N. The second-order valence-corrected chi connectivity index (χ2v) is 2.89. The number of nitrogens with one attached hydrogen (secondary N) is 1. The second kappa shape index (κ2) is 5.06. The Hall–Kier alpha value is -1.95. The molecule has 0 spiro atoms. The topological polar surface area (TPSA) is 94.1 Å². The van der Waals surface area contributed by atoms with Crippen molar-refractivity contribution < 1.29 is 4.92 Å². The zero-order chi connectivity index (χ0) is 11.3. The van der Waals surface area contributed by atoms with Crippen molar-refractivity contribution in [3.63, 3.8) is 0 Å². The molecule has 0 radical (unpaired) electrons. The van der Waals surface area contributed by atoms with Crippen LogP contribution < -0.4 is 11.1 Å². The molecule has 0 aliphatic carbocycles. The van der Waals surface area contributed by atoms with Gasteiger partial charge in [-0.25, -0.2) is 4.98 Å². The van der Waals surface area contributed by atoms with E-state index in [1.54, 1.807) is 13.1 Å². The highest BCUT2D eigenvalue weighted by Crippen LogP contribution is 2.17. The number of nitrogens with two attached hydrogens (primary N) is 1. The van der Waals surface area contributed by atoms with E-state index in [1.165, 1.54) is 6.07 Å². The molecule has 0 amide bonds. The van der Waals surface area contributed by atoms with Gasteiger partial charge in [-0.2, -0.15) is 0 Å². The fourth-order valence-corrected chi connectivity index (χ4v) is 1.02. The fourth-order valence-electron chi connectivity index (χ4n) is 1.02. The van der Waals surface area contributed by atoms with Crippen LogP contribution in [0.3, 0.4) is 0 Å². The maximum absolute atomic E-state index is 10.5. The van der Waals surface area contributed by atoms with Crippen molar-refractivity contribution in [1.29, 1.82) is 0 Å². The maximum atomic E-state index is 10.5. The Morgan fingerprint density at radius 1 is 1.73 bits per heavy atom. The maximum Gasteiger partial charge on any atom is 0.288 e. The van der Waals surface area contributed by atoms with E-state index in [0.717, 1.165) is 6.20 Å². The molecule has 6 nitrogen and oxygen atoms in total. The summed E-state index contributed by atoms with van der Waals surface area (Å²) in [6.07, 6.45) is 4.66. The van der Waals surface area contributed by atoms with Gasteiger partial charge in [-0.15, -0.1) is 0 Å². The van der Waals surface area contributed by atoms with E-state index in [0.29, 0.717) is 12.1 Å². The highest BCUT2D eigenvalue weighted by Gasteiger charge is 2.08. The van der Waals surface area contributed by atoms with Crippen LogP contribution in [0.1, 0.15) is 5.56 Å². The Morgan fingerprint density at radius 2 is 2.47 bits per heavy atom. The van der Waals surface area contributed by atoms with Gasteiger partial charge in [0.05, 0.1) is 4.92 Å². The first kappa shape index (κ1) is 11.1. The summed E-state index contributed by atoms with van der Waals surface area (Å²) in [5.41, 5.74) is 6.06. The van der Waals surface area contributed by atoms with Crippen molar-refractivity contribution >= 4 is 17.6 Å². The van der Waals surface area contributed by atoms with E-state index in [2.05, 4.69) is 10.3 Å². The summed E-state index contributed by atoms with van der Waals surface area (Å²) < 4.78 is 0. The quantitative estimate of drug-likeness (QED) is 0.564. The molecule has 0 saturated carbocycles. The largest absolute Gasteiger partial charge is 0.383 e. The number of nitro groups is 1. The Morgan fingerprint density at radius 3 is 3.07 bits per heavy atom. The average molecular weight is 208 g/mol. The average Bonchev–Trinajstić information content (AvgIpc) is 2.20. The molecule has 1 aromatic heterocycles. The van der Waals surface area contributed by atoms with Gasteiger partial charge in [0.2, 0.25) is 0 Å². The van der Waals surface area contributed by atoms with E-state index in [4.69, 9.17) is 5.73 Å². The van der Waals surface area contributed by atoms with Crippen molar-refractivity contribution in [2.45, 2.75) is 0 Å². The number of pyridine rings is 1. The first-order chi connectivity index (χ1) is 7.15. The van der Waals surface area contributed by atoms with E-state index in [9.17, 15) is 10.1 Å². The molecule has 0 atom stereocenters. The summed E-state index contributed by atoms with van der Waals surface area (Å²) in [5.74, 6) is 0.285. The van der Waals surface area contributed by atoms with Crippen molar-refractivity contribution in [2.24, 2.45) is 0 Å². The van der Waals surface area contributed by atoms with Crippen LogP contribution in [0.25, 0.3) is 6.08 Å². The number of nitrogens with zero attached hydrogens (tertiary/aromatic N) is 2. The van der Waals surface area contributed by atoms with Crippen LogP contribution in [0.15, 0.2) is 18.3 Å². The lowest BCUT2D eigenvalue weighted by Gasteiger charge is -1.98. The third-order valence-electron chi connectivity index (χ3n) is 1.77. The zero-order valence-corrected chi connectivity index (χ0v) is 8.30. The van der Waals surface area contributed by atoms with Gasteiger partial charge < -0.3 is 11.1 Å². The predicted molar refractivity (Wildman–Crippen MR) is 58.3 cm³/mol. The molecular formula is C9H12N4O2. The van der Waals surface area contributed by atoms with Crippen LogP contribution in [0.2, 0.25) is 0 Å². The Balaban J connectivity index is 2.95. The second-order valence-electron chi connectivity index (χ2n) is 2.89. The van der Waals surface area contributed by atoms with Crippen LogP contribution in [-0.2, 0) is 0 Å². The molecule has 80 valence electrons. The number of aromatic nitrogens is 1. The van der Waals surface area contributed by atoms with Crippen molar-refractivity contribution in [2.75, 3.05) is 19.3 Å². The molecule has 0 aliphatic heterocycles. The first-order valence-corrected chi connectivity index (χ1v) is 4.36. The molecule has 0 bridgehead atoms. The summed E-state index contributed by atoms with van der Waals surface area (Å²) in [7, 11) is 1.80. The van der Waals surface area contributed by atoms with Crippen LogP contribution in [0.5, 0.6) is 0 Å². The minimum atomic E-state index is -0.498. The van der Waals surface area contributed by atoms with Crippen molar-refractivity contribution in [3.05, 3.63) is 34.0 Å². The molecule has 0 saturated heterocycles. The van der Waals surface area contributed by atoms with E-state index in [-0.39, 0.29) is 11.5 Å². The molecule has 0 aromatic carbocycles. The Kier molecular flexibility index (Phi) is 3.75. The molecular weight excluding hydrogens is 196 g/mol. The smallest absolute Gasteiger partial charge is 0.288 e. The molecule has 6 heteroatoms. The number of hydrogen-bond acceptors (Lipinski definition) is 5. The monoisotopic (exact) mass is 208 g/mol. The number of nitrogen functional groups attached to an aromatic ring is 1. The molecule has 1 aromatic rings. The normalized spacial score (nSPS) is 10.7. The fraction of sp³-hybridized carbons (Fsp3) is 0.222. The molecule has 0 aliphatic rings. The number of rotatable bonds is 4. The zero-order valence-electron chi connectivity index (χ0n) is 8.30. The Labute approximate surface area is 87.0 Å². The molecule has 1 heterocycles. The van der Waals surface area contributed by atoms with Crippen molar-refractivity contribution in [1.82, 2.24) is 10.3 Å². The van der Waals surface area contributed by atoms with E-state index >= 15 is 0 Å². The highest BCUT2D eigenvalue weighted by atomic mass is 16.6. The van der Waals surface area contributed by atoms with Gasteiger partial charge in [-0.1, -0.05) is 12.2 Å². The number of hydrogen-bond donors (Lipinski definition) is 2. The Bertz CT molecular complexity index is 390. The van der Waals surface area contributed by atoms with E-state index < -0.39 is 4.92 Å². The van der Waals surface area contributed by atoms with Crippen LogP contribution >= 0.6 is 0 Å². The lowest BCUT2D eigenvalue weighted by atomic mass is 10.2. The van der Waals surface area contributed by atoms with Crippen molar-refractivity contribution in [3.8, 4) is 0 Å². The third-order valence-corrected chi connectivity index (χ3v) is 1.77. The first-order valence-electron chi connectivity index (χ1n) is 4.36. The molecule has 3 N–H and O–H groups in total. The predicted octanol–water partition coefficient (Wildman–Crippen LogP) is 0.805. The lowest BCUT2D eigenvalue weighted by molar-refractivity contribution is -0.385. The number of likely N-dealkylation sites (N-methyl/N-ethyl adjacent to an activating group) is 1. The molecule has 1 rings (SSSR count). The van der Waals surface area contributed by atoms with Gasteiger partial charge in [-0.3, -0.25) is 10.1 Å². The summed E-state index contributed by atoms with van der Waals surface area (Å²) in [6, 6.07) is 1.40. The minimum absolute atomic E-state index is 0.0618. The van der Waals surface area contributed by atoms with Gasteiger partial charge in [0.15, 0.2) is 0 Å². The van der Waals surface area contributed by atoms with E-state index in [1.807, 2.05) is 6.08 Å². The third kappa shape index (κ3) is 3.03. The van der Waals surface area contributed by atoms with Gasteiger partial charge >= 0.3 is 0 Å². The molecule has 0 unspecified atom stereocenters.